The predicted octanol–water partition coefficient (Wildman–Crippen LogP) is 5.95. The number of benzene rings is 2. The number of H-pyrrole nitrogens is 1. The van der Waals surface area contributed by atoms with Gasteiger partial charge in [0.05, 0.1) is 21.0 Å². The summed E-state index contributed by atoms with van der Waals surface area (Å²) in [7, 11) is 0. The highest BCUT2D eigenvalue weighted by Gasteiger charge is 2.14. The number of ketones is 1. The molecule has 3 heterocycles. The van der Waals surface area contributed by atoms with Crippen LogP contribution in [0.4, 0.5) is 0 Å². The smallest absolute Gasteiger partial charge is 0.173 e. The van der Waals surface area contributed by atoms with E-state index in [0.29, 0.717) is 16.3 Å². The van der Waals surface area contributed by atoms with Gasteiger partial charge in [-0.2, -0.15) is 0 Å². The number of aromatic nitrogens is 3. The summed E-state index contributed by atoms with van der Waals surface area (Å²) in [6, 6.07) is 15.4. The molecule has 0 radical (unpaired) electrons. The van der Waals surface area contributed by atoms with E-state index in [-0.39, 0.29) is 5.78 Å². The van der Waals surface area contributed by atoms with Crippen LogP contribution in [0.2, 0.25) is 5.02 Å². The summed E-state index contributed by atoms with van der Waals surface area (Å²) < 4.78 is 2.04. The number of nitrogens with zero attached hydrogens (tertiary/aromatic N) is 2. The van der Waals surface area contributed by atoms with E-state index in [0.717, 1.165) is 36.5 Å². The highest BCUT2D eigenvalue weighted by Crippen LogP contribution is 2.32. The van der Waals surface area contributed by atoms with E-state index < -0.39 is 0 Å². The third-order valence-corrected chi connectivity index (χ3v) is 6.86. The highest BCUT2D eigenvalue weighted by atomic mass is 35.5. The zero-order chi connectivity index (χ0) is 18.4. The van der Waals surface area contributed by atoms with Crippen LogP contribution in [0.25, 0.3) is 32.2 Å². The third kappa shape index (κ3) is 3.00. The lowest BCUT2D eigenvalue weighted by atomic mass is 10.1. The average molecular weight is 410 g/mol. The van der Waals surface area contributed by atoms with Crippen molar-refractivity contribution < 1.29 is 4.79 Å². The van der Waals surface area contributed by atoms with Crippen molar-refractivity contribution in [2.75, 3.05) is 5.75 Å². The standard InChI is InChI=1S/C20H12ClN3OS2/c21-13-7-8-22-19-18(13)12-9-11(5-6-14(12)23-19)16(25)10-26-20-24-15-3-1-2-4-17(15)27-20/h1-9H,10H2,(H,22,23). The molecular weight excluding hydrogens is 398 g/mol. The Kier molecular flexibility index (Phi) is 4.11. The molecule has 0 fully saturated rings. The molecule has 7 heteroatoms. The molecule has 1 N–H and O–H groups in total. The predicted molar refractivity (Wildman–Crippen MR) is 113 cm³/mol. The fraction of sp³-hybridized carbons (Fsp3) is 0.0500. The Morgan fingerprint density at radius 1 is 1.19 bits per heavy atom. The van der Waals surface area contributed by atoms with Crippen LogP contribution in [0, 0.1) is 0 Å². The molecule has 4 nitrogen and oxygen atoms in total. The van der Waals surface area contributed by atoms with Crippen molar-refractivity contribution in [3.63, 3.8) is 0 Å². The summed E-state index contributed by atoms with van der Waals surface area (Å²) in [6.45, 7) is 0. The minimum atomic E-state index is 0.0653. The van der Waals surface area contributed by atoms with Crippen molar-refractivity contribution in [1.82, 2.24) is 15.0 Å². The van der Waals surface area contributed by atoms with Crippen molar-refractivity contribution in [3.05, 3.63) is 65.3 Å². The van der Waals surface area contributed by atoms with E-state index in [4.69, 9.17) is 11.6 Å². The van der Waals surface area contributed by atoms with Gasteiger partial charge in [-0.05, 0) is 36.4 Å². The zero-order valence-electron chi connectivity index (χ0n) is 13.9. The summed E-state index contributed by atoms with van der Waals surface area (Å²) in [5.74, 6) is 0.412. The second-order valence-electron chi connectivity index (χ2n) is 6.06. The molecule has 0 amide bonds. The molecule has 0 aliphatic rings. The number of thiazole rings is 1. The lowest BCUT2D eigenvalue weighted by molar-refractivity contribution is 0.102. The molecule has 27 heavy (non-hydrogen) atoms. The van der Waals surface area contributed by atoms with Gasteiger partial charge in [-0.25, -0.2) is 9.97 Å². The van der Waals surface area contributed by atoms with Crippen LogP contribution in [-0.4, -0.2) is 26.5 Å². The summed E-state index contributed by atoms with van der Waals surface area (Å²) in [6.07, 6.45) is 1.67. The topological polar surface area (TPSA) is 58.6 Å². The number of aromatic amines is 1. The van der Waals surface area contributed by atoms with E-state index in [2.05, 4.69) is 15.0 Å². The van der Waals surface area contributed by atoms with Crippen LogP contribution in [0.15, 0.2) is 59.1 Å². The Balaban J connectivity index is 1.44. The molecule has 0 saturated heterocycles. The number of nitrogens with one attached hydrogen (secondary N) is 1. The van der Waals surface area contributed by atoms with E-state index in [1.54, 1.807) is 23.6 Å². The molecule has 132 valence electrons. The van der Waals surface area contributed by atoms with Crippen LogP contribution in [0.3, 0.4) is 0 Å². The molecule has 0 aliphatic heterocycles. The molecule has 0 saturated carbocycles. The lowest BCUT2D eigenvalue weighted by Gasteiger charge is -2.01. The molecule has 5 rings (SSSR count). The summed E-state index contributed by atoms with van der Waals surface area (Å²) in [4.78, 5) is 24.8. The number of hydrogen-bond acceptors (Lipinski definition) is 5. The third-order valence-electron chi connectivity index (χ3n) is 4.37. The lowest BCUT2D eigenvalue weighted by Crippen LogP contribution is -2.01. The van der Waals surface area contributed by atoms with Gasteiger partial charge in [0.2, 0.25) is 0 Å². The first-order chi connectivity index (χ1) is 13.2. The van der Waals surface area contributed by atoms with E-state index in [1.807, 2.05) is 42.5 Å². The van der Waals surface area contributed by atoms with Crippen LogP contribution in [-0.2, 0) is 0 Å². The molecule has 3 aromatic heterocycles. The van der Waals surface area contributed by atoms with E-state index in [9.17, 15) is 4.79 Å². The maximum atomic E-state index is 12.7. The Morgan fingerprint density at radius 2 is 2.07 bits per heavy atom. The number of carbonyl (C=O) groups is 1. The van der Waals surface area contributed by atoms with Crippen molar-refractivity contribution in [2.24, 2.45) is 0 Å². The number of para-hydroxylation sites is 1. The quantitative estimate of drug-likeness (QED) is 0.294. The molecule has 0 aliphatic carbocycles. The van der Waals surface area contributed by atoms with Crippen LogP contribution in [0.5, 0.6) is 0 Å². The largest absolute Gasteiger partial charge is 0.339 e. The monoisotopic (exact) mass is 409 g/mol. The van der Waals surface area contributed by atoms with Gasteiger partial charge < -0.3 is 4.98 Å². The van der Waals surface area contributed by atoms with Crippen molar-refractivity contribution in [2.45, 2.75) is 4.34 Å². The summed E-state index contributed by atoms with van der Waals surface area (Å²) in [5, 5.41) is 2.39. The molecule has 0 bridgehead atoms. The number of carbonyl (C=O) groups excluding carboxylic acids is 1. The minimum absolute atomic E-state index is 0.0653. The Morgan fingerprint density at radius 3 is 2.96 bits per heavy atom. The fourth-order valence-corrected chi connectivity index (χ4v) is 5.28. The number of fused-ring (bicyclic) bond motifs is 4. The maximum absolute atomic E-state index is 12.7. The molecular formula is C20H12ClN3OS2. The van der Waals surface area contributed by atoms with Gasteiger partial charge in [-0.15, -0.1) is 11.3 Å². The number of pyridine rings is 1. The Hall–Kier alpha value is -2.41. The van der Waals surface area contributed by atoms with Gasteiger partial charge in [-0.1, -0.05) is 35.5 Å². The number of Topliss-reactive ketones (excluding diaryl/α,β-unsaturated/α-hetero) is 1. The first kappa shape index (κ1) is 16.7. The second-order valence-corrected chi connectivity index (χ2v) is 8.72. The first-order valence-corrected chi connectivity index (χ1v) is 10.4. The van der Waals surface area contributed by atoms with E-state index in [1.165, 1.54) is 11.8 Å². The SMILES string of the molecule is O=C(CSc1nc2ccccc2s1)c1ccc2[nH]c3nccc(Cl)c3c2c1. The number of thioether (sulfide) groups is 1. The first-order valence-electron chi connectivity index (χ1n) is 8.26. The van der Waals surface area contributed by atoms with Crippen molar-refractivity contribution >= 4 is 72.6 Å². The van der Waals surface area contributed by atoms with Gasteiger partial charge in [0, 0.05) is 28.0 Å². The highest BCUT2D eigenvalue weighted by molar-refractivity contribution is 8.01. The van der Waals surface area contributed by atoms with Crippen molar-refractivity contribution in [3.8, 4) is 0 Å². The molecule has 2 aromatic carbocycles. The van der Waals surface area contributed by atoms with Crippen LogP contribution in [0.1, 0.15) is 10.4 Å². The molecule has 0 spiro atoms. The molecule has 0 unspecified atom stereocenters. The van der Waals surface area contributed by atoms with Crippen molar-refractivity contribution in [1.29, 1.82) is 0 Å². The summed E-state index contributed by atoms with van der Waals surface area (Å²) in [5.41, 5.74) is 3.28. The molecule has 5 aromatic rings. The minimum Gasteiger partial charge on any atom is -0.339 e. The van der Waals surface area contributed by atoms with Gasteiger partial charge >= 0.3 is 0 Å². The van der Waals surface area contributed by atoms with Gasteiger partial charge in [0.15, 0.2) is 10.1 Å². The van der Waals surface area contributed by atoms with Crippen LogP contribution < -0.4 is 0 Å². The number of halogens is 1. The second kappa shape index (κ2) is 6.64. The maximum Gasteiger partial charge on any atom is 0.173 e. The number of rotatable bonds is 4. The Bertz CT molecular complexity index is 1290. The van der Waals surface area contributed by atoms with E-state index >= 15 is 0 Å². The fourth-order valence-electron chi connectivity index (χ4n) is 3.07. The average Bonchev–Trinajstić information content (AvgIpc) is 3.26. The van der Waals surface area contributed by atoms with Gasteiger partial charge in [0.1, 0.15) is 5.65 Å². The Labute approximate surface area is 167 Å². The molecule has 0 atom stereocenters. The van der Waals surface area contributed by atoms with Gasteiger partial charge in [0.25, 0.3) is 0 Å². The zero-order valence-corrected chi connectivity index (χ0v) is 16.3. The number of hydrogen-bond donors (Lipinski definition) is 1. The van der Waals surface area contributed by atoms with Gasteiger partial charge in [-0.3, -0.25) is 4.79 Å². The van der Waals surface area contributed by atoms with Crippen LogP contribution >= 0.6 is 34.7 Å². The normalized spacial score (nSPS) is 11.6. The summed E-state index contributed by atoms with van der Waals surface area (Å²) >= 11 is 9.42.